The second-order valence-corrected chi connectivity index (χ2v) is 12.4. The molecular weight excluding hydrogens is 492 g/mol. The van der Waals surface area contributed by atoms with Gasteiger partial charge in [-0.05, 0) is 36.9 Å². The fourth-order valence-corrected chi connectivity index (χ4v) is 5.29. The number of nitrogens with one attached hydrogen (secondary N) is 2. The number of benzene rings is 1. The van der Waals surface area contributed by atoms with Crippen LogP contribution in [0.5, 0.6) is 0 Å². The van der Waals surface area contributed by atoms with Gasteiger partial charge >= 0.3 is 5.97 Å². The molecule has 8 heteroatoms. The third-order valence-electron chi connectivity index (χ3n) is 7.67. The van der Waals surface area contributed by atoms with E-state index in [9.17, 15) is 14.4 Å². The van der Waals surface area contributed by atoms with Crippen LogP contribution in [-0.4, -0.2) is 66.6 Å². The molecule has 8 nitrogen and oxygen atoms in total. The zero-order valence-electron chi connectivity index (χ0n) is 25.8. The molecule has 0 saturated carbocycles. The summed E-state index contributed by atoms with van der Waals surface area (Å²) in [4.78, 5) is 41.5. The summed E-state index contributed by atoms with van der Waals surface area (Å²) in [6.45, 7) is 15.6. The van der Waals surface area contributed by atoms with Gasteiger partial charge in [-0.1, -0.05) is 72.7 Å². The van der Waals surface area contributed by atoms with E-state index in [1.165, 1.54) is 7.11 Å². The lowest BCUT2D eigenvalue weighted by Crippen LogP contribution is -2.61. The molecule has 2 amide bonds. The number of aromatic nitrogens is 1. The van der Waals surface area contributed by atoms with E-state index >= 15 is 0 Å². The zero-order valence-corrected chi connectivity index (χ0v) is 25.8. The van der Waals surface area contributed by atoms with Gasteiger partial charge in [0.25, 0.3) is 0 Å². The Labute approximate surface area is 234 Å². The average molecular weight is 541 g/mol. The zero-order chi connectivity index (χ0) is 29.9. The number of carbonyl (C=O) groups excluding carboxylic acids is 3. The van der Waals surface area contributed by atoms with Crippen molar-refractivity contribution in [3.05, 3.63) is 47.7 Å². The minimum atomic E-state index is -0.790. The first-order valence-corrected chi connectivity index (χ1v) is 13.5. The highest BCUT2D eigenvalue weighted by Gasteiger charge is 2.42. The van der Waals surface area contributed by atoms with Crippen LogP contribution in [0.1, 0.15) is 61.0 Å². The summed E-state index contributed by atoms with van der Waals surface area (Å²) in [5.74, 6) is -0.874. The average Bonchev–Trinajstić information content (AvgIpc) is 3.21. The molecule has 0 saturated heterocycles. The largest absolute Gasteiger partial charge is 0.466 e. The van der Waals surface area contributed by atoms with Gasteiger partial charge in [-0.3, -0.25) is 9.59 Å². The molecule has 0 aliphatic heterocycles. The van der Waals surface area contributed by atoms with Crippen molar-refractivity contribution in [3.8, 4) is 0 Å². The van der Waals surface area contributed by atoms with Gasteiger partial charge in [0, 0.05) is 42.2 Å². The Morgan fingerprint density at radius 2 is 1.64 bits per heavy atom. The van der Waals surface area contributed by atoms with Crippen molar-refractivity contribution < 1.29 is 19.1 Å². The molecule has 1 unspecified atom stereocenters. The number of ether oxygens (including phenoxy) is 1. The molecular formula is C31H48N4O4. The summed E-state index contributed by atoms with van der Waals surface area (Å²) in [5, 5.41) is 7.40. The molecule has 3 atom stereocenters. The number of esters is 1. The van der Waals surface area contributed by atoms with E-state index in [-0.39, 0.29) is 23.8 Å². The molecule has 1 aromatic carbocycles. The van der Waals surface area contributed by atoms with Crippen molar-refractivity contribution in [1.82, 2.24) is 20.1 Å². The number of carbonyl (C=O) groups is 3. The van der Waals surface area contributed by atoms with Gasteiger partial charge in [0.2, 0.25) is 11.8 Å². The molecule has 216 valence electrons. The Bertz CT molecular complexity index is 1220. The monoisotopic (exact) mass is 540 g/mol. The number of nitrogens with zero attached hydrogens (tertiary/aromatic N) is 2. The Hall–Kier alpha value is -3.13. The molecule has 0 bridgehead atoms. The van der Waals surface area contributed by atoms with E-state index in [4.69, 9.17) is 4.74 Å². The Balaban J connectivity index is 2.43. The molecule has 2 rings (SSSR count). The number of para-hydroxylation sites is 1. The number of rotatable bonds is 10. The molecule has 0 aliphatic rings. The molecule has 0 radical (unpaired) electrons. The van der Waals surface area contributed by atoms with Crippen molar-refractivity contribution in [2.24, 2.45) is 18.4 Å². The number of likely N-dealkylation sites (N-methyl/N-ethyl adjacent to an activating group) is 2. The van der Waals surface area contributed by atoms with Crippen molar-refractivity contribution in [2.45, 2.75) is 78.9 Å². The van der Waals surface area contributed by atoms with Gasteiger partial charge in [0.15, 0.2) is 0 Å². The first kappa shape index (κ1) is 32.1. The van der Waals surface area contributed by atoms with Gasteiger partial charge in [0.1, 0.15) is 6.04 Å². The van der Waals surface area contributed by atoms with E-state index in [0.717, 1.165) is 16.5 Å². The maximum Gasteiger partial charge on any atom is 0.333 e. The van der Waals surface area contributed by atoms with Crippen molar-refractivity contribution in [2.75, 3.05) is 21.2 Å². The summed E-state index contributed by atoms with van der Waals surface area (Å²) >= 11 is 0. The topological polar surface area (TPSA) is 92.7 Å². The first-order valence-electron chi connectivity index (χ1n) is 13.5. The summed E-state index contributed by atoms with van der Waals surface area (Å²) in [6, 6.07) is 6.39. The van der Waals surface area contributed by atoms with Gasteiger partial charge in [-0.15, -0.1) is 0 Å². The van der Waals surface area contributed by atoms with Gasteiger partial charge < -0.3 is 24.8 Å². The number of methoxy groups -OCH3 is 1. The fourth-order valence-electron chi connectivity index (χ4n) is 5.29. The summed E-state index contributed by atoms with van der Waals surface area (Å²) in [6.07, 6.45) is 3.83. The van der Waals surface area contributed by atoms with E-state index in [0.29, 0.717) is 5.57 Å². The lowest BCUT2D eigenvalue weighted by Gasteiger charge is -2.39. The molecule has 1 aromatic heterocycles. The van der Waals surface area contributed by atoms with Gasteiger partial charge in [-0.2, -0.15) is 0 Å². The second kappa shape index (κ2) is 12.4. The smallest absolute Gasteiger partial charge is 0.333 e. The number of aryl methyl sites for hydroxylation is 1. The minimum Gasteiger partial charge on any atom is -0.466 e. The molecule has 1 heterocycles. The lowest BCUT2D eigenvalue weighted by atomic mass is 9.76. The highest BCUT2D eigenvalue weighted by molar-refractivity contribution is 5.93. The van der Waals surface area contributed by atoms with Crippen LogP contribution in [0.2, 0.25) is 0 Å². The Morgan fingerprint density at radius 1 is 1.05 bits per heavy atom. The molecule has 2 aromatic rings. The third-order valence-corrected chi connectivity index (χ3v) is 7.67. The quantitative estimate of drug-likeness (QED) is 0.349. The van der Waals surface area contributed by atoms with Crippen LogP contribution in [0, 0.1) is 11.3 Å². The molecule has 2 N–H and O–H groups in total. The maximum absolute atomic E-state index is 13.9. The number of hydrogen-bond acceptors (Lipinski definition) is 5. The van der Waals surface area contributed by atoms with Crippen LogP contribution in [0.15, 0.2) is 42.1 Å². The van der Waals surface area contributed by atoms with E-state index in [1.807, 2.05) is 67.6 Å². The van der Waals surface area contributed by atoms with Crippen LogP contribution >= 0.6 is 0 Å². The standard InChI is InChI=1S/C31H48N4O4/c1-19(2)24(17-20(3)29(38)39-12)35(11)28(37)26(30(4,5)6)33-27(36)25(32-9)31(7,8)22-18-34(10)23-16-14-13-15-21(22)23/h13-19,24-26,32H,1-12H3,(H,33,36)/b20-17+/t24-,25?,26-/m1/s1. The molecule has 0 aliphatic carbocycles. The number of amides is 2. The Morgan fingerprint density at radius 3 is 2.15 bits per heavy atom. The highest BCUT2D eigenvalue weighted by atomic mass is 16.5. The molecule has 0 spiro atoms. The summed E-state index contributed by atoms with van der Waals surface area (Å²) < 4.78 is 6.92. The summed E-state index contributed by atoms with van der Waals surface area (Å²) in [5.41, 5.74) is 1.42. The van der Waals surface area contributed by atoms with Crippen molar-refractivity contribution in [3.63, 3.8) is 0 Å². The fraction of sp³-hybridized carbons (Fsp3) is 0.581. The van der Waals surface area contributed by atoms with E-state index in [2.05, 4.69) is 33.5 Å². The van der Waals surface area contributed by atoms with Crippen LogP contribution in [0.3, 0.4) is 0 Å². The minimum absolute atomic E-state index is 0.0326. The van der Waals surface area contributed by atoms with Gasteiger partial charge in [-0.25, -0.2) is 4.79 Å². The molecule has 39 heavy (non-hydrogen) atoms. The van der Waals surface area contributed by atoms with E-state index < -0.39 is 28.9 Å². The van der Waals surface area contributed by atoms with Crippen molar-refractivity contribution >= 4 is 28.7 Å². The second-order valence-electron chi connectivity index (χ2n) is 12.4. The predicted molar refractivity (Wildman–Crippen MR) is 157 cm³/mol. The van der Waals surface area contributed by atoms with Crippen LogP contribution in [0.4, 0.5) is 0 Å². The maximum atomic E-state index is 13.9. The van der Waals surface area contributed by atoms with E-state index in [1.54, 1.807) is 32.0 Å². The lowest BCUT2D eigenvalue weighted by molar-refractivity contribution is -0.141. The Kier molecular flexibility index (Phi) is 10.2. The number of fused-ring (bicyclic) bond motifs is 1. The first-order chi connectivity index (χ1) is 18.0. The normalized spacial score (nSPS) is 15.2. The van der Waals surface area contributed by atoms with Gasteiger partial charge in [0.05, 0.1) is 19.2 Å². The SMILES string of the molecule is CNC(C(=O)N[C@H](C(=O)N(C)[C@H](/C=C(\C)C(=O)OC)C(C)C)C(C)(C)C)C(C)(C)c1cn(C)c2ccccc12. The van der Waals surface area contributed by atoms with Crippen LogP contribution < -0.4 is 10.6 Å². The molecule has 0 fully saturated rings. The number of hydrogen-bond donors (Lipinski definition) is 2. The predicted octanol–water partition coefficient (Wildman–Crippen LogP) is 4.18. The highest BCUT2D eigenvalue weighted by Crippen LogP contribution is 2.35. The van der Waals surface area contributed by atoms with Crippen molar-refractivity contribution in [1.29, 1.82) is 0 Å². The third kappa shape index (κ3) is 6.90. The summed E-state index contributed by atoms with van der Waals surface area (Å²) in [7, 11) is 6.82. The van der Waals surface area contributed by atoms with Crippen LogP contribution in [-0.2, 0) is 31.6 Å². The van der Waals surface area contributed by atoms with Crippen LogP contribution in [0.25, 0.3) is 10.9 Å².